The summed E-state index contributed by atoms with van der Waals surface area (Å²) in [5, 5.41) is 0. The number of oxazole rings is 1. The number of hydrogen-bond acceptors (Lipinski definition) is 3. The van der Waals surface area contributed by atoms with Crippen molar-refractivity contribution >= 4 is 23.2 Å². The molecule has 0 atom stereocenters. The lowest BCUT2D eigenvalue weighted by Crippen LogP contribution is -2.08. The van der Waals surface area contributed by atoms with E-state index in [9.17, 15) is 0 Å². The van der Waals surface area contributed by atoms with E-state index in [-0.39, 0.29) is 0 Å². The number of nitrogens with zero attached hydrogens (tertiary/aromatic N) is 2. The second kappa shape index (κ2) is 3.18. The van der Waals surface area contributed by atoms with E-state index in [2.05, 4.69) is 11.6 Å². The van der Waals surface area contributed by atoms with Crippen molar-refractivity contribution in [2.24, 2.45) is 0 Å². The normalized spacial score (nSPS) is 10.4. The van der Waals surface area contributed by atoms with Crippen LogP contribution in [-0.4, -0.2) is 19.1 Å². The third-order valence-electron chi connectivity index (χ3n) is 2.02. The standard InChI is InChI=1S/C11H12N2O/c1-4-8-5-6-10-9(7-8)12-11(14-10)13(2)3/h4-7H,1H2,2-3H3. The monoisotopic (exact) mass is 188 g/mol. The van der Waals surface area contributed by atoms with E-state index >= 15 is 0 Å². The number of anilines is 1. The molecule has 0 saturated heterocycles. The summed E-state index contributed by atoms with van der Waals surface area (Å²) in [4.78, 5) is 6.17. The van der Waals surface area contributed by atoms with Gasteiger partial charge < -0.3 is 9.32 Å². The molecule has 2 aromatic rings. The van der Waals surface area contributed by atoms with Gasteiger partial charge in [-0.2, -0.15) is 4.98 Å². The molecule has 0 bridgehead atoms. The van der Waals surface area contributed by atoms with Crippen molar-refractivity contribution in [3.05, 3.63) is 30.3 Å². The molecule has 1 aromatic carbocycles. The first-order valence-corrected chi connectivity index (χ1v) is 4.41. The molecule has 14 heavy (non-hydrogen) atoms. The zero-order valence-corrected chi connectivity index (χ0v) is 8.32. The summed E-state index contributed by atoms with van der Waals surface area (Å²) in [6, 6.07) is 6.45. The van der Waals surface area contributed by atoms with Gasteiger partial charge in [0.1, 0.15) is 5.52 Å². The summed E-state index contributed by atoms with van der Waals surface area (Å²) < 4.78 is 5.51. The second-order valence-electron chi connectivity index (χ2n) is 3.32. The predicted octanol–water partition coefficient (Wildman–Crippen LogP) is 2.54. The number of fused-ring (bicyclic) bond motifs is 1. The Balaban J connectivity index is 2.59. The number of rotatable bonds is 2. The lowest BCUT2D eigenvalue weighted by molar-refractivity contribution is 0.597. The molecule has 0 aliphatic heterocycles. The van der Waals surface area contributed by atoms with E-state index in [0.29, 0.717) is 6.01 Å². The molecule has 0 unspecified atom stereocenters. The highest BCUT2D eigenvalue weighted by atomic mass is 16.4. The topological polar surface area (TPSA) is 29.3 Å². The zero-order valence-electron chi connectivity index (χ0n) is 8.32. The van der Waals surface area contributed by atoms with Gasteiger partial charge in [0, 0.05) is 14.1 Å². The summed E-state index contributed by atoms with van der Waals surface area (Å²) in [5.41, 5.74) is 2.72. The van der Waals surface area contributed by atoms with Crippen LogP contribution in [0.1, 0.15) is 5.56 Å². The summed E-state index contributed by atoms with van der Waals surface area (Å²) in [5.74, 6) is 0. The molecule has 1 heterocycles. The van der Waals surface area contributed by atoms with E-state index in [1.54, 1.807) is 6.08 Å². The first kappa shape index (κ1) is 8.81. The third-order valence-corrected chi connectivity index (χ3v) is 2.02. The van der Waals surface area contributed by atoms with E-state index in [4.69, 9.17) is 4.42 Å². The minimum absolute atomic E-state index is 0.626. The Bertz CT molecular complexity index is 471. The Hall–Kier alpha value is -1.77. The first-order chi connectivity index (χ1) is 6.70. The molecule has 1 aromatic heterocycles. The highest BCUT2D eigenvalue weighted by Crippen LogP contribution is 2.21. The molecular formula is C11H12N2O. The molecule has 3 nitrogen and oxygen atoms in total. The van der Waals surface area contributed by atoms with Gasteiger partial charge in [-0.1, -0.05) is 18.7 Å². The highest BCUT2D eigenvalue weighted by molar-refractivity contribution is 5.77. The van der Waals surface area contributed by atoms with Crippen molar-refractivity contribution in [3.8, 4) is 0 Å². The molecule has 3 heteroatoms. The van der Waals surface area contributed by atoms with Gasteiger partial charge in [0.15, 0.2) is 5.58 Å². The summed E-state index contributed by atoms with van der Waals surface area (Å²) in [7, 11) is 3.80. The summed E-state index contributed by atoms with van der Waals surface area (Å²) in [6.07, 6.45) is 1.80. The number of hydrogen-bond donors (Lipinski definition) is 0. The van der Waals surface area contributed by atoms with Crippen LogP contribution in [-0.2, 0) is 0 Å². The van der Waals surface area contributed by atoms with Gasteiger partial charge in [-0.25, -0.2) is 0 Å². The zero-order chi connectivity index (χ0) is 10.1. The minimum Gasteiger partial charge on any atom is -0.423 e. The van der Waals surface area contributed by atoms with Gasteiger partial charge >= 0.3 is 0 Å². The molecule has 0 amide bonds. The fourth-order valence-corrected chi connectivity index (χ4v) is 1.25. The van der Waals surface area contributed by atoms with Crippen LogP contribution < -0.4 is 4.90 Å². The lowest BCUT2D eigenvalue weighted by Gasteiger charge is -2.03. The largest absolute Gasteiger partial charge is 0.423 e. The molecular weight excluding hydrogens is 176 g/mol. The number of aromatic nitrogens is 1. The molecule has 0 fully saturated rings. The van der Waals surface area contributed by atoms with Crippen LogP contribution in [0, 0.1) is 0 Å². The van der Waals surface area contributed by atoms with E-state index in [1.807, 2.05) is 37.2 Å². The highest BCUT2D eigenvalue weighted by Gasteiger charge is 2.06. The average molecular weight is 188 g/mol. The van der Waals surface area contributed by atoms with E-state index < -0.39 is 0 Å². The molecule has 72 valence electrons. The maximum atomic E-state index is 5.51. The van der Waals surface area contributed by atoms with Gasteiger partial charge in [-0.3, -0.25) is 0 Å². The van der Waals surface area contributed by atoms with Crippen LogP contribution in [0.4, 0.5) is 6.01 Å². The van der Waals surface area contributed by atoms with Crippen LogP contribution in [0.15, 0.2) is 29.2 Å². The van der Waals surface area contributed by atoms with Crippen LogP contribution in [0.3, 0.4) is 0 Å². The van der Waals surface area contributed by atoms with Crippen LogP contribution in [0.25, 0.3) is 17.2 Å². The fourth-order valence-electron chi connectivity index (χ4n) is 1.25. The van der Waals surface area contributed by atoms with Crippen molar-refractivity contribution in [2.75, 3.05) is 19.0 Å². The third kappa shape index (κ3) is 1.37. The Kier molecular flexibility index (Phi) is 2.00. The molecule has 0 aliphatic rings. The molecule has 0 spiro atoms. The van der Waals surface area contributed by atoms with E-state index in [0.717, 1.165) is 16.7 Å². The Morgan fingerprint density at radius 1 is 1.43 bits per heavy atom. The number of benzene rings is 1. The van der Waals surface area contributed by atoms with Gasteiger partial charge in [-0.15, -0.1) is 0 Å². The van der Waals surface area contributed by atoms with Crippen molar-refractivity contribution in [1.29, 1.82) is 0 Å². The fraction of sp³-hybridized carbons (Fsp3) is 0.182. The summed E-state index contributed by atoms with van der Waals surface area (Å²) >= 11 is 0. The maximum absolute atomic E-state index is 5.51. The van der Waals surface area contributed by atoms with Crippen LogP contribution in [0.5, 0.6) is 0 Å². The van der Waals surface area contributed by atoms with Crippen LogP contribution in [0.2, 0.25) is 0 Å². The summed E-state index contributed by atoms with van der Waals surface area (Å²) in [6.45, 7) is 3.71. The molecule has 0 N–H and O–H groups in total. The van der Waals surface area contributed by atoms with Crippen molar-refractivity contribution in [3.63, 3.8) is 0 Å². The Morgan fingerprint density at radius 3 is 2.86 bits per heavy atom. The quantitative estimate of drug-likeness (QED) is 0.725. The SMILES string of the molecule is C=Cc1ccc2oc(N(C)C)nc2c1. The van der Waals surface area contributed by atoms with Crippen molar-refractivity contribution in [2.45, 2.75) is 0 Å². The molecule has 2 rings (SSSR count). The second-order valence-corrected chi connectivity index (χ2v) is 3.32. The Labute approximate surface area is 82.7 Å². The minimum atomic E-state index is 0.626. The first-order valence-electron chi connectivity index (χ1n) is 4.41. The molecule has 0 aliphatic carbocycles. The lowest BCUT2D eigenvalue weighted by atomic mass is 10.2. The van der Waals surface area contributed by atoms with Gasteiger partial charge in [0.2, 0.25) is 0 Å². The van der Waals surface area contributed by atoms with Gasteiger partial charge in [0.25, 0.3) is 6.01 Å². The molecule has 0 saturated carbocycles. The van der Waals surface area contributed by atoms with Crippen LogP contribution >= 0.6 is 0 Å². The van der Waals surface area contributed by atoms with Crippen molar-refractivity contribution < 1.29 is 4.42 Å². The average Bonchev–Trinajstić information content (AvgIpc) is 2.59. The van der Waals surface area contributed by atoms with Crippen molar-refractivity contribution in [1.82, 2.24) is 4.98 Å². The van der Waals surface area contributed by atoms with Gasteiger partial charge in [-0.05, 0) is 17.7 Å². The molecule has 0 radical (unpaired) electrons. The van der Waals surface area contributed by atoms with E-state index in [1.165, 1.54) is 0 Å². The Morgan fingerprint density at radius 2 is 2.21 bits per heavy atom. The maximum Gasteiger partial charge on any atom is 0.297 e. The smallest absolute Gasteiger partial charge is 0.297 e. The van der Waals surface area contributed by atoms with Gasteiger partial charge in [0.05, 0.1) is 0 Å². The predicted molar refractivity (Wildman–Crippen MR) is 58.4 cm³/mol.